The summed E-state index contributed by atoms with van der Waals surface area (Å²) >= 11 is 0. The fourth-order valence-corrected chi connectivity index (χ4v) is 0.760. The van der Waals surface area contributed by atoms with E-state index in [0.29, 0.717) is 0 Å². The molecule has 1 aliphatic rings. The molecule has 0 bridgehead atoms. The van der Waals surface area contributed by atoms with E-state index < -0.39 is 11.8 Å². The largest absolute Gasteiger partial charge is 0.386 e. The van der Waals surface area contributed by atoms with E-state index in [1.807, 2.05) is 0 Å². The Labute approximate surface area is 63.2 Å². The van der Waals surface area contributed by atoms with Gasteiger partial charge in [0.25, 0.3) is 0 Å². The van der Waals surface area contributed by atoms with Gasteiger partial charge in [-0.2, -0.15) is 0 Å². The first-order valence-corrected chi connectivity index (χ1v) is 3.04. The highest BCUT2D eigenvalue weighted by atomic mass is 16.1. The fraction of sp³-hybridized carbons (Fsp3) is 0.400. The minimum Gasteiger partial charge on any atom is -0.386 e. The molecule has 60 valence electrons. The van der Waals surface area contributed by atoms with Crippen molar-refractivity contribution in [3.8, 4) is 0 Å². The lowest BCUT2D eigenvalue weighted by atomic mass is 10.1. The number of rotatable bonds is 1. The second-order valence-electron chi connectivity index (χ2n) is 2.19. The molecule has 6 heteroatoms. The Bertz CT molecular complexity index is 243. The van der Waals surface area contributed by atoms with E-state index in [4.69, 9.17) is 17.2 Å². The summed E-state index contributed by atoms with van der Waals surface area (Å²) in [5.74, 6) is -0.880. The Balaban J connectivity index is 2.80. The van der Waals surface area contributed by atoms with Crippen LogP contribution in [0.1, 0.15) is 0 Å². The van der Waals surface area contributed by atoms with Crippen molar-refractivity contribution >= 4 is 17.7 Å². The zero-order valence-electron chi connectivity index (χ0n) is 5.82. The normalized spacial score (nSPS) is 23.8. The van der Waals surface area contributed by atoms with Crippen LogP contribution in [0.25, 0.3) is 0 Å². The van der Waals surface area contributed by atoms with Gasteiger partial charge in [-0.1, -0.05) is 0 Å². The highest BCUT2D eigenvalue weighted by Crippen LogP contribution is 2.01. The van der Waals surface area contributed by atoms with E-state index >= 15 is 0 Å². The molecule has 0 radical (unpaired) electrons. The maximum Gasteiger partial charge on any atom is 0.230 e. The SMILES string of the molecule is NC(=O)C1CN=C(N)N=C1N. The first kappa shape index (κ1) is 7.52. The molecule has 1 atom stereocenters. The van der Waals surface area contributed by atoms with Gasteiger partial charge in [0.1, 0.15) is 11.8 Å². The van der Waals surface area contributed by atoms with Crippen LogP contribution in [0.15, 0.2) is 9.98 Å². The van der Waals surface area contributed by atoms with Crippen LogP contribution in [-0.2, 0) is 4.79 Å². The lowest BCUT2D eigenvalue weighted by Crippen LogP contribution is -2.41. The average Bonchev–Trinajstić information content (AvgIpc) is 1.85. The fourth-order valence-electron chi connectivity index (χ4n) is 0.760. The topological polar surface area (TPSA) is 120 Å². The van der Waals surface area contributed by atoms with E-state index in [9.17, 15) is 4.79 Å². The van der Waals surface area contributed by atoms with Crippen LogP contribution >= 0.6 is 0 Å². The van der Waals surface area contributed by atoms with Gasteiger partial charge in [-0.3, -0.25) is 9.79 Å². The molecule has 0 fully saturated rings. The van der Waals surface area contributed by atoms with Gasteiger partial charge < -0.3 is 17.2 Å². The van der Waals surface area contributed by atoms with E-state index in [2.05, 4.69) is 9.98 Å². The standard InChI is InChI=1S/C5H9N5O/c6-3-2(4(7)11)1-9-5(8)10-3/h2H,1H2,(H2,7,11)(H4,6,8,9,10). The summed E-state index contributed by atoms with van der Waals surface area (Å²) in [7, 11) is 0. The van der Waals surface area contributed by atoms with Gasteiger partial charge in [-0.15, -0.1) is 0 Å². The molecule has 1 aliphatic heterocycles. The Morgan fingerprint density at radius 2 is 2.18 bits per heavy atom. The summed E-state index contributed by atoms with van der Waals surface area (Å²) in [5, 5.41) is 0. The first-order chi connectivity index (χ1) is 5.11. The molecular weight excluding hydrogens is 146 g/mol. The second-order valence-corrected chi connectivity index (χ2v) is 2.19. The van der Waals surface area contributed by atoms with Crippen LogP contribution in [0.3, 0.4) is 0 Å². The van der Waals surface area contributed by atoms with Crippen LogP contribution in [0.5, 0.6) is 0 Å². The lowest BCUT2D eigenvalue weighted by Gasteiger charge is -2.13. The van der Waals surface area contributed by atoms with Gasteiger partial charge in [0.2, 0.25) is 11.9 Å². The Morgan fingerprint density at radius 1 is 1.55 bits per heavy atom. The smallest absolute Gasteiger partial charge is 0.230 e. The lowest BCUT2D eigenvalue weighted by molar-refractivity contribution is -0.119. The van der Waals surface area contributed by atoms with Crippen molar-refractivity contribution in [2.45, 2.75) is 0 Å². The minimum absolute atomic E-state index is 0.0972. The highest BCUT2D eigenvalue weighted by Gasteiger charge is 2.22. The molecule has 6 N–H and O–H groups in total. The first-order valence-electron chi connectivity index (χ1n) is 3.04. The third-order valence-corrected chi connectivity index (χ3v) is 1.38. The third kappa shape index (κ3) is 1.46. The van der Waals surface area contributed by atoms with Crippen LogP contribution in [-0.4, -0.2) is 24.2 Å². The summed E-state index contributed by atoms with van der Waals surface area (Å²) < 4.78 is 0. The molecule has 0 aromatic heterocycles. The average molecular weight is 155 g/mol. The maximum atomic E-state index is 10.6. The van der Waals surface area contributed by atoms with Crippen molar-refractivity contribution in [3.05, 3.63) is 0 Å². The monoisotopic (exact) mass is 155 g/mol. The van der Waals surface area contributed by atoms with Gasteiger partial charge in [0.15, 0.2) is 0 Å². The van der Waals surface area contributed by atoms with E-state index in [-0.39, 0.29) is 18.3 Å². The third-order valence-electron chi connectivity index (χ3n) is 1.38. The number of carbonyl (C=O) groups excluding carboxylic acids is 1. The van der Waals surface area contributed by atoms with Crippen molar-refractivity contribution in [3.63, 3.8) is 0 Å². The number of guanidine groups is 1. The summed E-state index contributed by atoms with van der Waals surface area (Å²) in [6.45, 7) is 0.205. The molecule has 6 nitrogen and oxygen atoms in total. The molecule has 0 saturated carbocycles. The predicted molar refractivity (Wildman–Crippen MR) is 40.8 cm³/mol. The number of aliphatic imine (C=N–C) groups is 2. The summed E-state index contributed by atoms with van der Waals surface area (Å²) in [6, 6.07) is 0. The molecule has 0 saturated heterocycles. The van der Waals surface area contributed by atoms with Crippen LogP contribution in [0.2, 0.25) is 0 Å². The zero-order valence-corrected chi connectivity index (χ0v) is 5.82. The molecule has 0 spiro atoms. The molecule has 1 heterocycles. The molecular formula is C5H9N5O. The minimum atomic E-state index is -0.595. The Morgan fingerprint density at radius 3 is 2.64 bits per heavy atom. The quantitative estimate of drug-likeness (QED) is 0.397. The Hall–Kier alpha value is -1.59. The van der Waals surface area contributed by atoms with Gasteiger partial charge in [0.05, 0.1) is 6.54 Å². The molecule has 11 heavy (non-hydrogen) atoms. The van der Waals surface area contributed by atoms with Crippen LogP contribution < -0.4 is 17.2 Å². The number of hydrogen-bond donors (Lipinski definition) is 3. The molecule has 0 aromatic carbocycles. The number of hydrogen-bond acceptors (Lipinski definition) is 5. The van der Waals surface area contributed by atoms with Gasteiger partial charge >= 0.3 is 0 Å². The summed E-state index contributed by atoms with van der Waals surface area (Å²) in [5.41, 5.74) is 15.6. The number of nitrogens with two attached hydrogens (primary N) is 3. The van der Waals surface area contributed by atoms with Crippen LogP contribution in [0, 0.1) is 5.92 Å². The highest BCUT2D eigenvalue weighted by molar-refractivity contribution is 6.07. The van der Waals surface area contributed by atoms with E-state index in [1.54, 1.807) is 0 Å². The van der Waals surface area contributed by atoms with Crippen molar-refractivity contribution in [1.82, 2.24) is 0 Å². The number of carbonyl (C=O) groups is 1. The zero-order chi connectivity index (χ0) is 8.43. The number of primary amides is 1. The summed E-state index contributed by atoms with van der Waals surface area (Å²) in [6.07, 6.45) is 0. The molecule has 1 amide bonds. The molecule has 1 unspecified atom stereocenters. The number of nitrogens with zero attached hydrogens (tertiary/aromatic N) is 2. The van der Waals surface area contributed by atoms with Crippen molar-refractivity contribution in [1.29, 1.82) is 0 Å². The molecule has 0 aliphatic carbocycles. The maximum absolute atomic E-state index is 10.6. The van der Waals surface area contributed by atoms with Crippen LogP contribution in [0.4, 0.5) is 0 Å². The summed E-state index contributed by atoms with van der Waals surface area (Å²) in [4.78, 5) is 17.9. The van der Waals surface area contributed by atoms with Gasteiger partial charge in [-0.25, -0.2) is 4.99 Å². The number of amidine groups is 1. The Kier molecular flexibility index (Phi) is 1.75. The predicted octanol–water partition coefficient (Wildman–Crippen LogP) is -2.23. The van der Waals surface area contributed by atoms with E-state index in [0.717, 1.165) is 0 Å². The second kappa shape index (κ2) is 2.57. The van der Waals surface area contributed by atoms with Crippen molar-refractivity contribution in [2.24, 2.45) is 33.1 Å². The van der Waals surface area contributed by atoms with Crippen molar-refractivity contribution in [2.75, 3.05) is 6.54 Å². The number of amides is 1. The molecule has 0 aromatic rings. The van der Waals surface area contributed by atoms with Crippen molar-refractivity contribution < 1.29 is 4.79 Å². The molecule has 1 rings (SSSR count). The van der Waals surface area contributed by atoms with Gasteiger partial charge in [0, 0.05) is 0 Å². The van der Waals surface area contributed by atoms with Gasteiger partial charge in [-0.05, 0) is 0 Å². The van der Waals surface area contributed by atoms with E-state index in [1.165, 1.54) is 0 Å².